The molecule has 136 valence electrons. The summed E-state index contributed by atoms with van der Waals surface area (Å²) in [6, 6.07) is 0. The summed E-state index contributed by atoms with van der Waals surface area (Å²) in [5.41, 5.74) is -0.442. The topological polar surface area (TPSA) is 92.4 Å². The van der Waals surface area contributed by atoms with Crippen molar-refractivity contribution in [2.45, 2.75) is 45.1 Å². The van der Waals surface area contributed by atoms with Gasteiger partial charge in [0.25, 0.3) is 5.92 Å². The van der Waals surface area contributed by atoms with Crippen molar-refractivity contribution in [3.8, 4) is 0 Å². The third-order valence-electron chi connectivity index (χ3n) is 6.35. The van der Waals surface area contributed by atoms with Crippen molar-refractivity contribution in [2.75, 3.05) is 0 Å². The summed E-state index contributed by atoms with van der Waals surface area (Å²) in [7, 11) is 0. The minimum absolute atomic E-state index is 0.0129. The Balaban J connectivity index is 1.46. The maximum absolute atomic E-state index is 13.2. The highest BCUT2D eigenvalue weighted by atomic mass is 19.3. The molecular weight excluding hydrogens is 334 g/mol. The molecule has 8 heteroatoms. The molecule has 1 heterocycles. The zero-order valence-electron chi connectivity index (χ0n) is 13.8. The molecular formula is C17H20F2N2O4. The lowest BCUT2D eigenvalue weighted by atomic mass is 9.79. The first-order valence-electron chi connectivity index (χ1n) is 8.57. The van der Waals surface area contributed by atoms with Gasteiger partial charge in [-0.3, -0.25) is 9.59 Å². The number of carboxylic acid groups (broad SMARTS) is 1. The van der Waals surface area contributed by atoms with Crippen LogP contribution in [0.4, 0.5) is 8.78 Å². The van der Waals surface area contributed by atoms with Crippen LogP contribution in [0.25, 0.3) is 0 Å². The predicted octanol–water partition coefficient (Wildman–Crippen LogP) is 2.54. The van der Waals surface area contributed by atoms with Crippen LogP contribution in [0.15, 0.2) is 10.7 Å². The molecule has 4 atom stereocenters. The molecule has 1 aromatic heterocycles. The van der Waals surface area contributed by atoms with Gasteiger partial charge in [-0.1, -0.05) is 0 Å². The van der Waals surface area contributed by atoms with Crippen molar-refractivity contribution in [1.82, 2.24) is 10.3 Å². The van der Waals surface area contributed by atoms with E-state index in [1.54, 1.807) is 0 Å². The second-order valence-electron chi connectivity index (χ2n) is 7.65. The standard InChI is InChI=1S/C17H20F2N2O4/c1-16(18,19)10-7-25-11(21-10)6-20-14(22)12-8-2-3-9(13(12)15(23)24)17(8)4-5-17/h7-9,12-13H,2-6H2,1H3,(H,20,22)(H,23,24). The maximum atomic E-state index is 13.2. The average Bonchev–Trinajstić information content (AvgIpc) is 2.93. The zero-order chi connectivity index (χ0) is 18.0. The molecule has 4 unspecified atom stereocenters. The maximum Gasteiger partial charge on any atom is 0.307 e. The van der Waals surface area contributed by atoms with Crippen LogP contribution in [0.3, 0.4) is 0 Å². The lowest BCUT2D eigenvalue weighted by Crippen LogP contribution is -2.41. The molecule has 3 aliphatic rings. The van der Waals surface area contributed by atoms with Gasteiger partial charge in [-0.15, -0.1) is 0 Å². The Labute approximate surface area is 143 Å². The minimum Gasteiger partial charge on any atom is -0.481 e. The molecule has 0 saturated heterocycles. The second-order valence-corrected chi connectivity index (χ2v) is 7.65. The fourth-order valence-corrected chi connectivity index (χ4v) is 5.22. The molecule has 3 aliphatic carbocycles. The van der Waals surface area contributed by atoms with Crippen LogP contribution < -0.4 is 5.32 Å². The number of carbonyl (C=O) groups excluding carboxylic acids is 1. The number of carboxylic acids is 1. The SMILES string of the molecule is CC(F)(F)c1coc(CNC(=O)C2C(C(=O)O)C3CCC2C32CC2)n1. The van der Waals surface area contributed by atoms with Gasteiger partial charge in [-0.25, -0.2) is 4.98 Å². The van der Waals surface area contributed by atoms with E-state index in [4.69, 9.17) is 4.42 Å². The number of nitrogens with one attached hydrogen (secondary N) is 1. The molecule has 3 fully saturated rings. The lowest BCUT2D eigenvalue weighted by molar-refractivity contribution is -0.149. The summed E-state index contributed by atoms with van der Waals surface area (Å²) in [4.78, 5) is 28.0. The summed E-state index contributed by atoms with van der Waals surface area (Å²) in [5.74, 6) is -5.39. The molecule has 3 saturated carbocycles. The summed E-state index contributed by atoms with van der Waals surface area (Å²) >= 11 is 0. The molecule has 0 aliphatic heterocycles. The largest absolute Gasteiger partial charge is 0.481 e. The van der Waals surface area contributed by atoms with Gasteiger partial charge in [0, 0.05) is 6.92 Å². The number of hydrogen-bond acceptors (Lipinski definition) is 4. The van der Waals surface area contributed by atoms with E-state index in [1.165, 1.54) is 0 Å². The first-order valence-corrected chi connectivity index (χ1v) is 8.57. The van der Waals surface area contributed by atoms with Gasteiger partial charge in [0.2, 0.25) is 11.8 Å². The van der Waals surface area contributed by atoms with E-state index < -0.39 is 29.4 Å². The van der Waals surface area contributed by atoms with Crippen LogP contribution in [0.5, 0.6) is 0 Å². The van der Waals surface area contributed by atoms with E-state index in [0.717, 1.165) is 38.9 Å². The molecule has 25 heavy (non-hydrogen) atoms. The number of aliphatic carboxylic acids is 1. The van der Waals surface area contributed by atoms with E-state index in [9.17, 15) is 23.5 Å². The van der Waals surface area contributed by atoms with Crippen molar-refractivity contribution >= 4 is 11.9 Å². The quantitative estimate of drug-likeness (QED) is 0.848. The summed E-state index contributed by atoms with van der Waals surface area (Å²) in [5, 5.41) is 12.2. The Kier molecular flexibility index (Phi) is 3.46. The molecule has 2 N–H and O–H groups in total. The van der Waals surface area contributed by atoms with E-state index >= 15 is 0 Å². The molecule has 2 bridgehead atoms. The Bertz CT molecular complexity index is 722. The van der Waals surface area contributed by atoms with Crippen LogP contribution >= 0.6 is 0 Å². The van der Waals surface area contributed by atoms with Gasteiger partial charge in [-0.05, 0) is 42.9 Å². The van der Waals surface area contributed by atoms with E-state index in [1.807, 2.05) is 0 Å². The molecule has 1 aromatic rings. The summed E-state index contributed by atoms with van der Waals surface area (Å²) in [6.07, 6.45) is 4.64. The lowest BCUT2D eigenvalue weighted by Gasteiger charge is -2.26. The van der Waals surface area contributed by atoms with Crippen molar-refractivity contribution in [2.24, 2.45) is 29.1 Å². The smallest absolute Gasteiger partial charge is 0.307 e. The van der Waals surface area contributed by atoms with Crippen molar-refractivity contribution in [3.63, 3.8) is 0 Å². The highest BCUT2D eigenvalue weighted by Crippen LogP contribution is 2.74. The molecule has 1 amide bonds. The highest BCUT2D eigenvalue weighted by molar-refractivity contribution is 5.86. The van der Waals surface area contributed by atoms with Crippen molar-refractivity contribution < 1.29 is 27.9 Å². The van der Waals surface area contributed by atoms with Crippen LogP contribution in [0.1, 0.15) is 44.2 Å². The van der Waals surface area contributed by atoms with Gasteiger partial charge in [0.15, 0.2) is 0 Å². The number of rotatable bonds is 5. The minimum atomic E-state index is -3.11. The first-order chi connectivity index (χ1) is 11.7. The second kappa shape index (κ2) is 5.25. The molecule has 0 aromatic carbocycles. The molecule has 6 nitrogen and oxygen atoms in total. The summed E-state index contributed by atoms with van der Waals surface area (Å²) in [6.45, 7) is 0.594. The third-order valence-corrected chi connectivity index (χ3v) is 6.35. The third kappa shape index (κ3) is 2.45. The van der Waals surface area contributed by atoms with Crippen LogP contribution in [0.2, 0.25) is 0 Å². The molecule has 4 rings (SSSR count). The number of nitrogens with zero attached hydrogens (tertiary/aromatic N) is 1. The van der Waals surface area contributed by atoms with E-state index in [0.29, 0.717) is 0 Å². The zero-order valence-corrected chi connectivity index (χ0v) is 13.8. The fourth-order valence-electron chi connectivity index (χ4n) is 5.22. The monoisotopic (exact) mass is 354 g/mol. The average molecular weight is 354 g/mol. The van der Waals surface area contributed by atoms with Gasteiger partial charge in [0.1, 0.15) is 12.0 Å². The van der Waals surface area contributed by atoms with Gasteiger partial charge in [0.05, 0.1) is 18.4 Å². The van der Waals surface area contributed by atoms with E-state index in [2.05, 4.69) is 10.3 Å². The highest BCUT2D eigenvalue weighted by Gasteiger charge is 2.71. The molecule has 1 spiro atoms. The Morgan fingerprint density at radius 2 is 2.00 bits per heavy atom. The number of alkyl halides is 2. The van der Waals surface area contributed by atoms with Crippen molar-refractivity contribution in [1.29, 1.82) is 0 Å². The van der Waals surface area contributed by atoms with Gasteiger partial charge < -0.3 is 14.8 Å². The van der Waals surface area contributed by atoms with Gasteiger partial charge in [-0.2, -0.15) is 8.78 Å². The van der Waals surface area contributed by atoms with E-state index in [-0.39, 0.29) is 35.6 Å². The van der Waals surface area contributed by atoms with Crippen LogP contribution in [0, 0.1) is 29.1 Å². The summed E-state index contributed by atoms with van der Waals surface area (Å²) < 4.78 is 31.3. The number of hydrogen-bond donors (Lipinski definition) is 2. The number of carbonyl (C=O) groups is 2. The van der Waals surface area contributed by atoms with Crippen LogP contribution in [-0.4, -0.2) is 22.0 Å². The van der Waals surface area contributed by atoms with Crippen LogP contribution in [-0.2, 0) is 22.1 Å². The Morgan fingerprint density at radius 1 is 1.36 bits per heavy atom. The number of oxazole rings is 1. The predicted molar refractivity (Wildman–Crippen MR) is 80.4 cm³/mol. The first kappa shape index (κ1) is 16.5. The molecule has 0 radical (unpaired) electrons. The normalized spacial score (nSPS) is 32.1. The fraction of sp³-hybridized carbons (Fsp3) is 0.706. The number of aromatic nitrogens is 1. The Morgan fingerprint density at radius 3 is 2.52 bits per heavy atom. The Hall–Kier alpha value is -1.99. The number of halogens is 2. The van der Waals surface area contributed by atoms with Gasteiger partial charge >= 0.3 is 5.97 Å². The van der Waals surface area contributed by atoms with Crippen molar-refractivity contribution in [3.05, 3.63) is 17.8 Å². The number of amides is 1.